The average molecular weight is 307 g/mol. The number of rotatable bonds is 5. The molecule has 1 aliphatic heterocycles. The van der Waals surface area contributed by atoms with Crippen molar-refractivity contribution in [3.8, 4) is 0 Å². The van der Waals surface area contributed by atoms with E-state index in [1.54, 1.807) is 5.55 Å². The Labute approximate surface area is 129 Å². The van der Waals surface area contributed by atoms with Crippen molar-refractivity contribution < 1.29 is 9.90 Å². The van der Waals surface area contributed by atoms with Gasteiger partial charge in [-0.05, 0) is 32.3 Å². The molecular weight excluding hydrogens is 286 g/mol. The zero-order valence-corrected chi connectivity index (χ0v) is 13.1. The topological polar surface area (TPSA) is 64.9 Å². The summed E-state index contributed by atoms with van der Waals surface area (Å²) in [6.07, 6.45) is 1.25. The molecule has 1 aromatic rings. The van der Waals surface area contributed by atoms with E-state index in [1.807, 2.05) is 44.2 Å². The van der Waals surface area contributed by atoms with E-state index in [0.717, 1.165) is 5.56 Å². The van der Waals surface area contributed by atoms with E-state index in [0.29, 0.717) is 12.8 Å². The van der Waals surface area contributed by atoms with Gasteiger partial charge in [-0.25, -0.2) is 4.79 Å². The molecule has 5 nitrogen and oxygen atoms in total. The molecule has 21 heavy (non-hydrogen) atoms. The number of aliphatic hydroxyl groups excluding tert-OH is 1. The Bertz CT molecular complexity index is 507. The van der Waals surface area contributed by atoms with Crippen LogP contribution < -0.4 is 5.32 Å². The first-order chi connectivity index (χ1) is 10.1. The monoisotopic (exact) mass is 307 g/mol. The second kappa shape index (κ2) is 6.95. The Hall–Kier alpha value is -1.53. The van der Waals surface area contributed by atoms with Crippen molar-refractivity contribution in [3.63, 3.8) is 0 Å². The van der Waals surface area contributed by atoms with Gasteiger partial charge in [-0.3, -0.25) is 0 Å². The van der Waals surface area contributed by atoms with Gasteiger partial charge in [-0.15, -0.1) is 0 Å². The molecule has 0 spiro atoms. The maximum absolute atomic E-state index is 12.4. The van der Waals surface area contributed by atoms with Gasteiger partial charge in [0.15, 0.2) is 0 Å². The molecule has 0 aromatic heterocycles. The fourth-order valence-electron chi connectivity index (χ4n) is 2.34. The van der Waals surface area contributed by atoms with E-state index < -0.39 is 4.87 Å². The summed E-state index contributed by atoms with van der Waals surface area (Å²) in [6.45, 7) is 3.93. The smallest absolute Gasteiger partial charge is 0.339 e. The number of hydrogen-bond acceptors (Lipinski definition) is 4. The molecule has 2 amide bonds. The van der Waals surface area contributed by atoms with Crippen molar-refractivity contribution in [1.29, 1.82) is 0 Å². The van der Waals surface area contributed by atoms with Gasteiger partial charge in [0, 0.05) is 12.6 Å². The summed E-state index contributed by atoms with van der Waals surface area (Å²) in [6, 6.07) is 9.67. The van der Waals surface area contributed by atoms with E-state index >= 15 is 0 Å². The summed E-state index contributed by atoms with van der Waals surface area (Å²) >= 11 is 1.51. The molecule has 1 heterocycles. The van der Waals surface area contributed by atoms with Gasteiger partial charge in [-0.1, -0.05) is 42.1 Å². The third kappa shape index (κ3) is 3.39. The molecule has 0 fully saturated rings. The standard InChI is InChI=1S/C15H21N3O2S/c1-12(2)17-14(20)18-15(9-6-10-19,21-11-16-18)13-7-4-3-5-8-13/h3-5,7-8,11-12,19H,6,9-10H2,1-2H3,(H,17,20). The second-order valence-electron chi connectivity index (χ2n) is 5.23. The Morgan fingerprint density at radius 2 is 2.14 bits per heavy atom. The highest BCUT2D eigenvalue weighted by atomic mass is 32.2. The number of amides is 2. The van der Waals surface area contributed by atoms with Crippen LogP contribution in [0.3, 0.4) is 0 Å². The lowest BCUT2D eigenvalue weighted by atomic mass is 10.0. The van der Waals surface area contributed by atoms with E-state index in [4.69, 9.17) is 0 Å². The quantitative estimate of drug-likeness (QED) is 0.879. The molecule has 1 aromatic carbocycles. The number of carbonyl (C=O) groups excluding carboxylic acids is 1. The predicted molar refractivity (Wildman–Crippen MR) is 86.0 cm³/mol. The molecule has 0 radical (unpaired) electrons. The van der Waals surface area contributed by atoms with Crippen molar-refractivity contribution in [2.24, 2.45) is 5.10 Å². The number of nitrogens with zero attached hydrogens (tertiary/aromatic N) is 2. The number of hydrogen-bond donors (Lipinski definition) is 2. The summed E-state index contributed by atoms with van der Waals surface area (Å²) in [5, 5.41) is 17.8. The van der Waals surface area contributed by atoms with Gasteiger partial charge in [0.2, 0.25) is 0 Å². The van der Waals surface area contributed by atoms with Crippen LogP contribution in [0.5, 0.6) is 0 Å². The largest absolute Gasteiger partial charge is 0.396 e. The molecule has 1 aliphatic rings. The van der Waals surface area contributed by atoms with E-state index in [-0.39, 0.29) is 18.7 Å². The Morgan fingerprint density at radius 3 is 2.76 bits per heavy atom. The van der Waals surface area contributed by atoms with Gasteiger partial charge in [-0.2, -0.15) is 10.1 Å². The van der Waals surface area contributed by atoms with E-state index in [9.17, 15) is 9.90 Å². The third-order valence-electron chi connectivity index (χ3n) is 3.26. The van der Waals surface area contributed by atoms with Crippen LogP contribution in [-0.2, 0) is 4.87 Å². The lowest BCUT2D eigenvalue weighted by molar-refractivity contribution is 0.154. The highest BCUT2D eigenvalue weighted by Crippen LogP contribution is 2.46. The normalized spacial score (nSPS) is 21.0. The number of benzene rings is 1. The highest BCUT2D eigenvalue weighted by Gasteiger charge is 2.45. The second-order valence-corrected chi connectivity index (χ2v) is 6.35. The minimum atomic E-state index is -0.580. The zero-order valence-electron chi connectivity index (χ0n) is 12.3. The summed E-state index contributed by atoms with van der Waals surface area (Å²) in [5.74, 6) is 0. The maximum atomic E-state index is 12.4. The maximum Gasteiger partial charge on any atom is 0.339 e. The van der Waals surface area contributed by atoms with Crippen LogP contribution in [0.25, 0.3) is 0 Å². The van der Waals surface area contributed by atoms with Gasteiger partial charge < -0.3 is 10.4 Å². The summed E-state index contributed by atoms with van der Waals surface area (Å²) in [7, 11) is 0. The Balaban J connectivity index is 2.33. The van der Waals surface area contributed by atoms with Gasteiger partial charge in [0.1, 0.15) is 4.87 Å². The molecule has 0 aliphatic carbocycles. The van der Waals surface area contributed by atoms with Crippen molar-refractivity contribution in [3.05, 3.63) is 35.9 Å². The molecule has 0 saturated heterocycles. The van der Waals surface area contributed by atoms with Crippen LogP contribution in [0.4, 0.5) is 4.79 Å². The van der Waals surface area contributed by atoms with Crippen molar-refractivity contribution >= 4 is 23.3 Å². The number of thioether (sulfide) groups is 1. The molecule has 0 saturated carbocycles. The first-order valence-corrected chi connectivity index (χ1v) is 7.95. The number of aliphatic hydroxyl groups is 1. The third-order valence-corrected chi connectivity index (χ3v) is 4.46. The summed E-state index contributed by atoms with van der Waals surface area (Å²) < 4.78 is 0. The first-order valence-electron chi connectivity index (χ1n) is 7.07. The van der Waals surface area contributed by atoms with Crippen molar-refractivity contribution in [2.45, 2.75) is 37.6 Å². The molecule has 1 unspecified atom stereocenters. The minimum absolute atomic E-state index is 0.0459. The summed E-state index contributed by atoms with van der Waals surface area (Å²) in [4.78, 5) is 11.9. The van der Waals surface area contributed by atoms with Crippen LogP contribution in [-0.4, -0.2) is 34.3 Å². The van der Waals surface area contributed by atoms with Crippen LogP contribution in [0.1, 0.15) is 32.3 Å². The zero-order chi connectivity index (χ0) is 15.3. The molecule has 6 heteroatoms. The van der Waals surface area contributed by atoms with Crippen molar-refractivity contribution in [2.75, 3.05) is 6.61 Å². The lowest BCUT2D eigenvalue weighted by Crippen LogP contribution is -2.48. The molecule has 0 bridgehead atoms. The average Bonchev–Trinajstić information content (AvgIpc) is 2.90. The van der Waals surface area contributed by atoms with E-state index in [1.165, 1.54) is 16.8 Å². The fourth-order valence-corrected chi connectivity index (χ4v) is 3.42. The molecule has 114 valence electrons. The van der Waals surface area contributed by atoms with Crippen molar-refractivity contribution in [1.82, 2.24) is 10.3 Å². The van der Waals surface area contributed by atoms with Gasteiger partial charge >= 0.3 is 6.03 Å². The number of urea groups is 1. The van der Waals surface area contributed by atoms with Gasteiger partial charge in [0.05, 0.1) is 5.55 Å². The Kier molecular flexibility index (Phi) is 5.25. The fraction of sp³-hybridized carbons (Fsp3) is 0.467. The predicted octanol–water partition coefficient (Wildman–Crippen LogP) is 2.72. The number of nitrogens with one attached hydrogen (secondary N) is 1. The molecule has 1 atom stereocenters. The molecule has 2 N–H and O–H groups in total. The van der Waals surface area contributed by atoms with Crippen LogP contribution in [0.2, 0.25) is 0 Å². The van der Waals surface area contributed by atoms with Crippen LogP contribution in [0.15, 0.2) is 35.4 Å². The number of carbonyl (C=O) groups is 1. The Morgan fingerprint density at radius 1 is 1.43 bits per heavy atom. The van der Waals surface area contributed by atoms with Crippen LogP contribution in [0, 0.1) is 0 Å². The molecule has 2 rings (SSSR count). The van der Waals surface area contributed by atoms with E-state index in [2.05, 4.69) is 10.4 Å². The molecular formula is C15H21N3O2S. The lowest BCUT2D eigenvalue weighted by Gasteiger charge is -2.36. The SMILES string of the molecule is CC(C)NC(=O)N1N=CSC1(CCCO)c1ccccc1. The highest BCUT2D eigenvalue weighted by molar-refractivity contribution is 8.13. The van der Waals surface area contributed by atoms with Gasteiger partial charge in [0.25, 0.3) is 0 Å². The number of hydrazone groups is 1. The minimum Gasteiger partial charge on any atom is -0.396 e. The first kappa shape index (κ1) is 15.9. The summed E-state index contributed by atoms with van der Waals surface area (Å²) in [5.41, 5.74) is 2.71. The van der Waals surface area contributed by atoms with Crippen LogP contribution >= 0.6 is 11.8 Å².